The number of aryl methyl sites for hydroxylation is 1. The third kappa shape index (κ3) is 5.57. The summed E-state index contributed by atoms with van der Waals surface area (Å²) in [4.78, 5) is 36.5. The van der Waals surface area contributed by atoms with Crippen LogP contribution in [0.5, 0.6) is 0 Å². The number of carboxylic acids is 1. The molecule has 0 bridgehead atoms. The highest BCUT2D eigenvalue weighted by atomic mass is 16.4. The smallest absolute Gasteiger partial charge is 0.321 e. The number of rotatable bonds is 6. The molecule has 0 fully saturated rings. The van der Waals surface area contributed by atoms with Crippen molar-refractivity contribution in [2.75, 3.05) is 18.9 Å². The van der Waals surface area contributed by atoms with Crippen LogP contribution >= 0.6 is 0 Å². The summed E-state index contributed by atoms with van der Waals surface area (Å²) >= 11 is 0. The van der Waals surface area contributed by atoms with Crippen LogP contribution in [0.25, 0.3) is 0 Å². The second-order valence-electron chi connectivity index (χ2n) is 6.21. The van der Waals surface area contributed by atoms with E-state index in [4.69, 9.17) is 5.11 Å². The van der Waals surface area contributed by atoms with Crippen molar-refractivity contribution in [1.29, 1.82) is 0 Å². The SMILES string of the molecule is Cc1ccc(NC(=O)N(C)CC(C)C(=O)O)cc1C(=O)NC(C)C. The summed E-state index contributed by atoms with van der Waals surface area (Å²) in [6, 6.07) is 4.65. The summed E-state index contributed by atoms with van der Waals surface area (Å²) in [7, 11) is 1.52. The molecule has 1 rings (SSSR count). The number of benzene rings is 1. The number of anilines is 1. The van der Waals surface area contributed by atoms with Crippen molar-refractivity contribution >= 4 is 23.6 Å². The Kier molecular flexibility index (Phi) is 6.76. The Morgan fingerprint density at radius 1 is 1.21 bits per heavy atom. The Bertz CT molecular complexity index is 628. The Morgan fingerprint density at radius 2 is 1.83 bits per heavy atom. The number of urea groups is 1. The van der Waals surface area contributed by atoms with Crippen molar-refractivity contribution < 1.29 is 19.5 Å². The normalized spacial score (nSPS) is 11.8. The zero-order valence-corrected chi connectivity index (χ0v) is 14.7. The first kappa shape index (κ1) is 19.5. The molecule has 7 heteroatoms. The number of hydrogen-bond donors (Lipinski definition) is 3. The first-order valence-corrected chi connectivity index (χ1v) is 7.78. The van der Waals surface area contributed by atoms with Crippen molar-refractivity contribution in [3.8, 4) is 0 Å². The lowest BCUT2D eigenvalue weighted by atomic mass is 10.1. The summed E-state index contributed by atoms with van der Waals surface area (Å²) in [6.07, 6.45) is 0. The second-order valence-corrected chi connectivity index (χ2v) is 6.21. The maximum absolute atomic E-state index is 12.2. The van der Waals surface area contributed by atoms with Crippen LogP contribution in [0, 0.1) is 12.8 Å². The first-order valence-electron chi connectivity index (χ1n) is 7.78. The standard InChI is InChI=1S/C17H25N3O4/c1-10(2)18-15(21)14-8-13(7-6-11(14)3)19-17(24)20(5)9-12(4)16(22)23/h6-8,10,12H,9H2,1-5H3,(H,18,21)(H,19,24)(H,22,23). The van der Waals surface area contributed by atoms with Crippen LogP contribution in [0.15, 0.2) is 18.2 Å². The van der Waals surface area contributed by atoms with Crippen molar-refractivity contribution in [3.63, 3.8) is 0 Å². The van der Waals surface area contributed by atoms with Gasteiger partial charge in [0.15, 0.2) is 0 Å². The fraction of sp³-hybridized carbons (Fsp3) is 0.471. The minimum atomic E-state index is -0.961. The van der Waals surface area contributed by atoms with Gasteiger partial charge in [-0.2, -0.15) is 0 Å². The molecule has 24 heavy (non-hydrogen) atoms. The highest BCUT2D eigenvalue weighted by molar-refractivity contribution is 5.98. The van der Waals surface area contributed by atoms with Gasteiger partial charge in [-0.25, -0.2) is 4.79 Å². The van der Waals surface area contributed by atoms with Crippen molar-refractivity contribution in [2.45, 2.75) is 33.7 Å². The van der Waals surface area contributed by atoms with Crippen LogP contribution in [-0.2, 0) is 4.79 Å². The molecule has 0 saturated carbocycles. The van der Waals surface area contributed by atoms with Gasteiger partial charge in [0.1, 0.15) is 0 Å². The number of carboxylic acid groups (broad SMARTS) is 1. The van der Waals surface area contributed by atoms with Gasteiger partial charge in [-0.1, -0.05) is 13.0 Å². The van der Waals surface area contributed by atoms with Gasteiger partial charge in [0.25, 0.3) is 5.91 Å². The van der Waals surface area contributed by atoms with Gasteiger partial charge in [-0.3, -0.25) is 9.59 Å². The van der Waals surface area contributed by atoms with Crippen LogP contribution in [0.2, 0.25) is 0 Å². The number of carbonyl (C=O) groups excluding carboxylic acids is 2. The number of amides is 3. The molecule has 3 amide bonds. The zero-order chi connectivity index (χ0) is 18.4. The molecule has 132 valence electrons. The minimum Gasteiger partial charge on any atom is -0.481 e. The van der Waals surface area contributed by atoms with Crippen LogP contribution in [-0.4, -0.2) is 47.5 Å². The number of carbonyl (C=O) groups is 3. The Labute approximate surface area is 142 Å². The Morgan fingerprint density at radius 3 is 2.38 bits per heavy atom. The van der Waals surface area contributed by atoms with E-state index < -0.39 is 17.9 Å². The average molecular weight is 335 g/mol. The molecule has 1 aromatic rings. The molecule has 0 radical (unpaired) electrons. The third-order valence-corrected chi connectivity index (χ3v) is 3.47. The number of nitrogens with one attached hydrogen (secondary N) is 2. The topological polar surface area (TPSA) is 98.7 Å². The van der Waals surface area contributed by atoms with E-state index in [-0.39, 0.29) is 18.5 Å². The van der Waals surface area contributed by atoms with E-state index in [9.17, 15) is 14.4 Å². The van der Waals surface area contributed by atoms with Gasteiger partial charge in [0.05, 0.1) is 5.92 Å². The van der Waals surface area contributed by atoms with Crippen LogP contribution in [0.1, 0.15) is 36.7 Å². The minimum absolute atomic E-state index is 0.0128. The van der Waals surface area contributed by atoms with Gasteiger partial charge >= 0.3 is 12.0 Å². The number of aliphatic carboxylic acids is 1. The van der Waals surface area contributed by atoms with Gasteiger partial charge in [-0.15, -0.1) is 0 Å². The molecule has 1 atom stereocenters. The molecule has 3 N–H and O–H groups in total. The highest BCUT2D eigenvalue weighted by Gasteiger charge is 2.18. The van der Waals surface area contributed by atoms with E-state index in [1.54, 1.807) is 18.2 Å². The van der Waals surface area contributed by atoms with E-state index in [0.717, 1.165) is 5.56 Å². The maximum Gasteiger partial charge on any atom is 0.321 e. The molecular weight excluding hydrogens is 310 g/mol. The molecule has 0 aliphatic rings. The monoisotopic (exact) mass is 335 g/mol. The Balaban J connectivity index is 2.83. The molecule has 0 aliphatic heterocycles. The van der Waals surface area contributed by atoms with Crippen molar-refractivity contribution in [3.05, 3.63) is 29.3 Å². The molecule has 0 aliphatic carbocycles. The quantitative estimate of drug-likeness (QED) is 0.743. The van der Waals surface area contributed by atoms with Gasteiger partial charge in [0, 0.05) is 30.9 Å². The summed E-state index contributed by atoms with van der Waals surface area (Å²) < 4.78 is 0. The van der Waals surface area contributed by atoms with Gasteiger partial charge in [-0.05, 0) is 38.5 Å². The van der Waals surface area contributed by atoms with Crippen LogP contribution in [0.4, 0.5) is 10.5 Å². The summed E-state index contributed by atoms with van der Waals surface area (Å²) in [5.74, 6) is -1.82. The Hall–Kier alpha value is -2.57. The predicted octanol–water partition coefficient (Wildman–Crippen LogP) is 2.32. The molecule has 1 unspecified atom stereocenters. The van der Waals surface area contributed by atoms with E-state index in [2.05, 4.69) is 10.6 Å². The van der Waals surface area contributed by atoms with E-state index in [1.807, 2.05) is 20.8 Å². The number of hydrogen-bond acceptors (Lipinski definition) is 3. The maximum atomic E-state index is 12.2. The molecule has 0 spiro atoms. The molecule has 0 heterocycles. The lowest BCUT2D eigenvalue weighted by molar-refractivity contribution is -0.141. The fourth-order valence-corrected chi connectivity index (χ4v) is 2.08. The average Bonchev–Trinajstić information content (AvgIpc) is 2.47. The van der Waals surface area contributed by atoms with E-state index in [0.29, 0.717) is 11.3 Å². The van der Waals surface area contributed by atoms with Crippen molar-refractivity contribution in [2.24, 2.45) is 5.92 Å². The van der Waals surface area contributed by atoms with E-state index >= 15 is 0 Å². The van der Waals surface area contributed by atoms with Crippen molar-refractivity contribution in [1.82, 2.24) is 10.2 Å². The summed E-state index contributed by atoms with van der Waals surface area (Å²) in [6.45, 7) is 7.19. The fourth-order valence-electron chi connectivity index (χ4n) is 2.08. The lowest BCUT2D eigenvalue weighted by Gasteiger charge is -2.20. The molecule has 0 saturated heterocycles. The molecular formula is C17H25N3O4. The third-order valence-electron chi connectivity index (χ3n) is 3.47. The summed E-state index contributed by atoms with van der Waals surface area (Å²) in [5, 5.41) is 14.4. The molecule has 0 aromatic heterocycles. The summed E-state index contributed by atoms with van der Waals surface area (Å²) in [5.41, 5.74) is 1.77. The highest BCUT2D eigenvalue weighted by Crippen LogP contribution is 2.16. The van der Waals surface area contributed by atoms with E-state index in [1.165, 1.54) is 18.9 Å². The van der Waals surface area contributed by atoms with Crippen LogP contribution < -0.4 is 10.6 Å². The predicted molar refractivity (Wildman–Crippen MR) is 92.2 cm³/mol. The first-order chi connectivity index (χ1) is 11.1. The largest absolute Gasteiger partial charge is 0.481 e. The van der Waals surface area contributed by atoms with Crippen LogP contribution in [0.3, 0.4) is 0 Å². The molecule has 7 nitrogen and oxygen atoms in total. The van der Waals surface area contributed by atoms with Gasteiger partial charge in [0.2, 0.25) is 0 Å². The van der Waals surface area contributed by atoms with Gasteiger partial charge < -0.3 is 20.6 Å². The zero-order valence-electron chi connectivity index (χ0n) is 14.7. The molecule has 1 aromatic carbocycles. The number of nitrogens with zero attached hydrogens (tertiary/aromatic N) is 1. The lowest BCUT2D eigenvalue weighted by Crippen LogP contribution is -2.36. The second kappa shape index (κ2) is 8.33.